The molecule has 0 radical (unpaired) electrons. The smallest absolute Gasteiger partial charge is 0.243 e. The van der Waals surface area contributed by atoms with Gasteiger partial charge in [-0.15, -0.1) is 6.42 Å². The van der Waals surface area contributed by atoms with Gasteiger partial charge in [0.05, 0.1) is 27.9 Å². The first-order valence-electron chi connectivity index (χ1n) is 5.77. The Morgan fingerprint density at radius 3 is 2.79 bits per heavy atom. The molecule has 0 saturated heterocycles. The Balaban J connectivity index is 2.63. The predicted molar refractivity (Wildman–Crippen MR) is 73.5 cm³/mol. The molecule has 1 aromatic carbocycles. The average molecular weight is 275 g/mol. The molecule has 1 aromatic rings. The van der Waals surface area contributed by atoms with Crippen LogP contribution in [0.3, 0.4) is 0 Å². The van der Waals surface area contributed by atoms with Crippen molar-refractivity contribution >= 4 is 28.2 Å². The van der Waals surface area contributed by atoms with E-state index in [1.807, 2.05) is 0 Å². The highest BCUT2D eigenvalue weighted by atomic mass is 32.2. The minimum absolute atomic E-state index is 0.106. The number of hydrogen-bond acceptors (Lipinski definition) is 3. The Hall–Kier alpha value is -1.93. The van der Waals surface area contributed by atoms with E-state index in [0.29, 0.717) is 16.1 Å². The molecule has 4 nitrogen and oxygen atoms in total. The van der Waals surface area contributed by atoms with Crippen LogP contribution in [0.4, 0.5) is 5.69 Å². The van der Waals surface area contributed by atoms with Crippen molar-refractivity contribution in [1.82, 2.24) is 0 Å². The molecule has 2 rings (SSSR count). The van der Waals surface area contributed by atoms with Crippen LogP contribution in [0.2, 0.25) is 0 Å². The third-order valence-electron chi connectivity index (χ3n) is 3.06. The zero-order chi connectivity index (χ0) is 14.2. The average Bonchev–Trinajstić information content (AvgIpc) is 2.40. The number of anilines is 1. The third-order valence-corrected chi connectivity index (χ3v) is 4.68. The number of fused-ring (bicyclic) bond motifs is 1. The second-order valence-corrected chi connectivity index (χ2v) is 6.05. The van der Waals surface area contributed by atoms with E-state index >= 15 is 0 Å². The highest BCUT2D eigenvalue weighted by Crippen LogP contribution is 2.32. The van der Waals surface area contributed by atoms with Crippen molar-refractivity contribution in [3.8, 4) is 12.3 Å². The Kier molecular flexibility index (Phi) is 3.54. The Bertz CT molecular complexity index is 630. The van der Waals surface area contributed by atoms with Crippen molar-refractivity contribution < 1.29 is 13.8 Å². The molecular weight excluding hydrogens is 262 g/mol. The van der Waals surface area contributed by atoms with E-state index < -0.39 is 16.0 Å². The quantitative estimate of drug-likeness (QED) is 0.605. The zero-order valence-corrected chi connectivity index (χ0v) is 11.5. The second-order valence-electron chi connectivity index (χ2n) is 4.31. The molecule has 0 aliphatic carbocycles. The first kappa shape index (κ1) is 13.5. The van der Waals surface area contributed by atoms with E-state index in [9.17, 15) is 13.8 Å². The molecule has 2 unspecified atom stereocenters. The van der Waals surface area contributed by atoms with E-state index in [1.54, 1.807) is 25.1 Å². The molecule has 0 saturated carbocycles. The fourth-order valence-corrected chi connectivity index (χ4v) is 3.26. The monoisotopic (exact) mass is 275 g/mol. The molecule has 1 aliphatic rings. The van der Waals surface area contributed by atoms with Crippen molar-refractivity contribution in [2.75, 3.05) is 11.4 Å². The van der Waals surface area contributed by atoms with Crippen molar-refractivity contribution in [3.63, 3.8) is 0 Å². The van der Waals surface area contributed by atoms with Crippen molar-refractivity contribution in [2.24, 2.45) is 0 Å². The molecule has 1 amide bonds. The lowest BCUT2D eigenvalue weighted by Gasteiger charge is -2.31. The van der Waals surface area contributed by atoms with Gasteiger partial charge in [0, 0.05) is 5.56 Å². The van der Waals surface area contributed by atoms with E-state index in [2.05, 4.69) is 5.92 Å². The summed E-state index contributed by atoms with van der Waals surface area (Å²) in [5, 5.41) is -0.621. The van der Waals surface area contributed by atoms with Crippen molar-refractivity contribution in [3.05, 3.63) is 23.8 Å². The molecule has 5 heteroatoms. The number of benzene rings is 1. The zero-order valence-electron chi connectivity index (χ0n) is 10.7. The van der Waals surface area contributed by atoms with Gasteiger partial charge in [-0.3, -0.25) is 18.7 Å². The molecule has 19 heavy (non-hydrogen) atoms. The van der Waals surface area contributed by atoms with Gasteiger partial charge in [0.2, 0.25) is 5.91 Å². The lowest BCUT2D eigenvalue weighted by atomic mass is 10.1. The molecule has 0 N–H and O–H groups in total. The van der Waals surface area contributed by atoms with Crippen LogP contribution < -0.4 is 4.90 Å². The van der Waals surface area contributed by atoms with Gasteiger partial charge in [0.1, 0.15) is 5.25 Å². The summed E-state index contributed by atoms with van der Waals surface area (Å²) in [6.07, 6.45) is 5.27. The maximum absolute atomic E-state index is 12.2. The molecular formula is C14H13NO3S. The van der Waals surface area contributed by atoms with Gasteiger partial charge < -0.3 is 0 Å². The van der Waals surface area contributed by atoms with E-state index in [1.165, 1.54) is 11.8 Å². The maximum atomic E-state index is 12.2. The molecule has 2 atom stereocenters. The fourth-order valence-electron chi connectivity index (χ4n) is 1.99. The SMILES string of the molecule is C#CCN1C(=O)C(C)S(=O)c2ccc(C(C)=O)cc21. The molecule has 1 aliphatic heterocycles. The van der Waals surface area contributed by atoms with Gasteiger partial charge in [-0.05, 0) is 26.0 Å². The topological polar surface area (TPSA) is 54.5 Å². The Morgan fingerprint density at radius 1 is 1.53 bits per heavy atom. The highest BCUT2D eigenvalue weighted by molar-refractivity contribution is 7.86. The number of carbonyl (C=O) groups excluding carboxylic acids is 2. The largest absolute Gasteiger partial charge is 0.299 e. The summed E-state index contributed by atoms with van der Waals surface area (Å²) in [5.74, 6) is 2.03. The lowest BCUT2D eigenvalue weighted by Crippen LogP contribution is -2.44. The van der Waals surface area contributed by atoms with Crippen LogP contribution >= 0.6 is 0 Å². The summed E-state index contributed by atoms with van der Waals surface area (Å²) in [4.78, 5) is 25.5. The van der Waals surface area contributed by atoms with Gasteiger partial charge in [-0.1, -0.05) is 12.0 Å². The van der Waals surface area contributed by atoms with Crippen LogP contribution in [0, 0.1) is 12.3 Å². The second kappa shape index (κ2) is 4.98. The Labute approximate surface area is 114 Å². The number of carbonyl (C=O) groups is 2. The molecule has 0 spiro atoms. The van der Waals surface area contributed by atoms with Crippen molar-refractivity contribution in [1.29, 1.82) is 0 Å². The molecule has 1 heterocycles. The summed E-state index contributed by atoms with van der Waals surface area (Å²) in [5.41, 5.74) is 0.951. The lowest BCUT2D eigenvalue weighted by molar-refractivity contribution is -0.117. The van der Waals surface area contributed by atoms with E-state index in [4.69, 9.17) is 6.42 Å². The number of ketones is 1. The van der Waals surface area contributed by atoms with Gasteiger partial charge >= 0.3 is 0 Å². The minimum atomic E-state index is -1.41. The molecule has 0 bridgehead atoms. The minimum Gasteiger partial charge on any atom is -0.299 e. The molecule has 0 aromatic heterocycles. The van der Waals surface area contributed by atoms with Crippen LogP contribution in [0.5, 0.6) is 0 Å². The van der Waals surface area contributed by atoms with Crippen molar-refractivity contribution in [2.45, 2.75) is 24.0 Å². The standard InChI is InChI=1S/C14H13NO3S/c1-4-7-15-12-8-11(9(2)16)5-6-13(12)19(18)10(3)14(15)17/h1,5-6,8,10H,7H2,2-3H3. The fraction of sp³-hybridized carbons (Fsp3) is 0.286. The van der Waals surface area contributed by atoms with E-state index in [-0.39, 0.29) is 18.2 Å². The van der Waals surface area contributed by atoms with Crippen LogP contribution in [0.1, 0.15) is 24.2 Å². The first-order valence-corrected chi connectivity index (χ1v) is 6.99. The predicted octanol–water partition coefficient (Wildman–Crippen LogP) is 1.37. The summed E-state index contributed by atoms with van der Waals surface area (Å²) < 4.78 is 12.2. The van der Waals surface area contributed by atoms with Gasteiger partial charge in [-0.2, -0.15) is 0 Å². The third kappa shape index (κ3) is 2.20. The number of nitrogens with zero attached hydrogens (tertiary/aromatic N) is 1. The summed E-state index contributed by atoms with van der Waals surface area (Å²) in [6, 6.07) is 4.83. The number of hydrogen-bond donors (Lipinski definition) is 0. The number of rotatable bonds is 2. The summed E-state index contributed by atoms with van der Waals surface area (Å²) in [6.45, 7) is 3.16. The van der Waals surface area contributed by atoms with Crippen LogP contribution in [-0.2, 0) is 15.6 Å². The molecule has 0 fully saturated rings. The maximum Gasteiger partial charge on any atom is 0.243 e. The van der Waals surface area contributed by atoms with Gasteiger partial charge in [-0.25, -0.2) is 0 Å². The van der Waals surface area contributed by atoms with Gasteiger partial charge in [0.25, 0.3) is 0 Å². The number of terminal acetylenes is 1. The van der Waals surface area contributed by atoms with Crippen LogP contribution in [0.15, 0.2) is 23.1 Å². The van der Waals surface area contributed by atoms with Gasteiger partial charge in [0.15, 0.2) is 5.78 Å². The summed E-state index contributed by atoms with van der Waals surface area (Å²) >= 11 is 0. The molecule has 98 valence electrons. The first-order chi connectivity index (χ1) is 8.97. The number of amides is 1. The van der Waals surface area contributed by atoms with Crippen LogP contribution in [0.25, 0.3) is 0 Å². The summed E-state index contributed by atoms with van der Waals surface area (Å²) in [7, 11) is -1.41. The Morgan fingerprint density at radius 2 is 2.21 bits per heavy atom. The normalized spacial score (nSPS) is 21.7. The van der Waals surface area contributed by atoms with Crippen LogP contribution in [-0.4, -0.2) is 27.7 Å². The highest BCUT2D eigenvalue weighted by Gasteiger charge is 2.35. The van der Waals surface area contributed by atoms with E-state index in [0.717, 1.165) is 0 Å². The number of Topliss-reactive ketones (excluding diaryl/α,β-unsaturated/α-hetero) is 1.